The molecular formula is C18H21FN4O. The number of aromatic nitrogens is 2. The fourth-order valence-corrected chi connectivity index (χ4v) is 2.96. The van der Waals surface area contributed by atoms with Gasteiger partial charge in [-0.05, 0) is 31.9 Å². The van der Waals surface area contributed by atoms with E-state index in [4.69, 9.17) is 0 Å². The third kappa shape index (κ3) is 4.07. The van der Waals surface area contributed by atoms with Gasteiger partial charge in [-0.15, -0.1) is 0 Å². The van der Waals surface area contributed by atoms with Crippen LogP contribution in [0.15, 0.2) is 30.3 Å². The second-order valence-electron chi connectivity index (χ2n) is 6.10. The molecule has 2 aromatic rings. The van der Waals surface area contributed by atoms with Gasteiger partial charge in [0.05, 0.1) is 5.69 Å². The van der Waals surface area contributed by atoms with Crippen molar-refractivity contribution >= 4 is 17.4 Å². The van der Waals surface area contributed by atoms with Gasteiger partial charge in [-0.3, -0.25) is 4.79 Å². The number of amides is 1. The van der Waals surface area contributed by atoms with Crippen LogP contribution in [0.2, 0.25) is 0 Å². The first kappa shape index (κ1) is 16.4. The second-order valence-corrected chi connectivity index (χ2v) is 6.10. The number of hydrogen-bond donors (Lipinski definition) is 2. The normalized spacial score (nSPS) is 15.1. The van der Waals surface area contributed by atoms with Crippen molar-refractivity contribution < 1.29 is 9.18 Å². The van der Waals surface area contributed by atoms with Gasteiger partial charge in [-0.2, -0.15) is 0 Å². The maximum Gasteiger partial charge on any atom is 0.274 e. The molecule has 0 radical (unpaired) electrons. The molecule has 0 aliphatic heterocycles. The molecular weight excluding hydrogens is 307 g/mol. The SMILES string of the molecule is Cc1nc(NC2CCCCC2)cc(C(=O)Nc2ccccc2F)n1. The minimum atomic E-state index is -0.475. The standard InChI is InChI=1S/C18H21FN4O/c1-12-20-16(18(24)23-15-10-6-5-9-14(15)19)11-17(21-12)22-13-7-3-2-4-8-13/h5-6,9-11,13H,2-4,7-8H2,1H3,(H,23,24)(H,20,21,22). The number of halogens is 1. The number of anilines is 2. The Kier molecular flexibility index (Phi) is 5.03. The highest BCUT2D eigenvalue weighted by Gasteiger charge is 2.16. The van der Waals surface area contributed by atoms with Gasteiger partial charge in [0.15, 0.2) is 0 Å². The van der Waals surface area contributed by atoms with Crippen LogP contribution in [0.3, 0.4) is 0 Å². The molecule has 24 heavy (non-hydrogen) atoms. The first-order valence-corrected chi connectivity index (χ1v) is 8.30. The van der Waals surface area contributed by atoms with Crippen LogP contribution in [0.25, 0.3) is 0 Å². The Morgan fingerprint density at radius 2 is 1.92 bits per heavy atom. The maximum atomic E-state index is 13.7. The first-order valence-electron chi connectivity index (χ1n) is 8.30. The molecule has 0 spiro atoms. The number of rotatable bonds is 4. The topological polar surface area (TPSA) is 66.9 Å². The van der Waals surface area contributed by atoms with Crippen molar-refractivity contribution in [3.05, 3.63) is 47.7 Å². The van der Waals surface area contributed by atoms with E-state index >= 15 is 0 Å². The number of hydrogen-bond acceptors (Lipinski definition) is 4. The number of benzene rings is 1. The Balaban J connectivity index is 1.75. The van der Waals surface area contributed by atoms with Gasteiger partial charge in [-0.25, -0.2) is 14.4 Å². The molecule has 0 bridgehead atoms. The average molecular weight is 328 g/mol. The molecule has 1 saturated carbocycles. The van der Waals surface area contributed by atoms with Crippen LogP contribution in [0.5, 0.6) is 0 Å². The Labute approximate surface area is 140 Å². The van der Waals surface area contributed by atoms with Gasteiger partial charge in [0, 0.05) is 12.1 Å². The monoisotopic (exact) mass is 328 g/mol. The zero-order valence-corrected chi connectivity index (χ0v) is 13.7. The maximum absolute atomic E-state index is 13.7. The van der Waals surface area contributed by atoms with E-state index in [1.165, 1.54) is 31.4 Å². The number of carbonyl (C=O) groups is 1. The molecule has 1 aliphatic carbocycles. The van der Waals surface area contributed by atoms with E-state index < -0.39 is 11.7 Å². The molecule has 1 aromatic heterocycles. The molecule has 1 amide bonds. The lowest BCUT2D eigenvalue weighted by molar-refractivity contribution is 0.102. The molecule has 1 aromatic carbocycles. The highest BCUT2D eigenvalue weighted by Crippen LogP contribution is 2.21. The smallest absolute Gasteiger partial charge is 0.274 e. The molecule has 1 aliphatic rings. The lowest BCUT2D eigenvalue weighted by Crippen LogP contribution is -2.24. The quantitative estimate of drug-likeness (QED) is 0.892. The van der Waals surface area contributed by atoms with E-state index in [2.05, 4.69) is 20.6 Å². The largest absolute Gasteiger partial charge is 0.367 e. The van der Waals surface area contributed by atoms with E-state index in [9.17, 15) is 9.18 Å². The van der Waals surface area contributed by atoms with Crippen LogP contribution in [0, 0.1) is 12.7 Å². The fraction of sp³-hybridized carbons (Fsp3) is 0.389. The molecule has 0 unspecified atom stereocenters. The summed E-state index contributed by atoms with van der Waals surface area (Å²) in [5, 5.41) is 5.94. The van der Waals surface area contributed by atoms with E-state index in [1.54, 1.807) is 25.1 Å². The summed E-state index contributed by atoms with van der Waals surface area (Å²) in [7, 11) is 0. The van der Waals surface area contributed by atoms with Crippen molar-refractivity contribution in [1.29, 1.82) is 0 Å². The van der Waals surface area contributed by atoms with Crippen LogP contribution >= 0.6 is 0 Å². The van der Waals surface area contributed by atoms with Crippen LogP contribution in [0.1, 0.15) is 48.4 Å². The molecule has 1 heterocycles. The van der Waals surface area contributed by atoms with Crippen LogP contribution < -0.4 is 10.6 Å². The second kappa shape index (κ2) is 7.38. The van der Waals surface area contributed by atoms with Crippen LogP contribution in [-0.2, 0) is 0 Å². The van der Waals surface area contributed by atoms with Gasteiger partial charge in [0.25, 0.3) is 5.91 Å². The van der Waals surface area contributed by atoms with Gasteiger partial charge in [0.2, 0.25) is 0 Å². The summed E-state index contributed by atoms with van der Waals surface area (Å²) < 4.78 is 13.7. The zero-order valence-electron chi connectivity index (χ0n) is 13.7. The van der Waals surface area contributed by atoms with E-state index in [0.29, 0.717) is 17.7 Å². The third-order valence-corrected chi connectivity index (χ3v) is 4.15. The Morgan fingerprint density at radius 3 is 2.67 bits per heavy atom. The first-order chi connectivity index (χ1) is 11.6. The molecule has 1 fully saturated rings. The lowest BCUT2D eigenvalue weighted by atomic mass is 9.95. The molecule has 6 heteroatoms. The van der Waals surface area contributed by atoms with Crippen LogP contribution in [0.4, 0.5) is 15.9 Å². The number of nitrogens with one attached hydrogen (secondary N) is 2. The van der Waals surface area contributed by atoms with E-state index in [1.807, 2.05) is 0 Å². The highest BCUT2D eigenvalue weighted by molar-refractivity contribution is 6.03. The van der Waals surface area contributed by atoms with Crippen LogP contribution in [-0.4, -0.2) is 21.9 Å². The average Bonchev–Trinajstić information content (AvgIpc) is 2.57. The minimum absolute atomic E-state index is 0.139. The predicted octanol–water partition coefficient (Wildman–Crippen LogP) is 3.92. The summed E-state index contributed by atoms with van der Waals surface area (Å²) in [6.07, 6.45) is 5.92. The Morgan fingerprint density at radius 1 is 1.17 bits per heavy atom. The van der Waals surface area contributed by atoms with Crippen molar-refractivity contribution in [2.75, 3.05) is 10.6 Å². The van der Waals surface area contributed by atoms with Gasteiger partial charge in [0.1, 0.15) is 23.2 Å². The molecule has 126 valence electrons. The van der Waals surface area contributed by atoms with Crippen molar-refractivity contribution in [3.8, 4) is 0 Å². The van der Waals surface area contributed by atoms with Gasteiger partial charge < -0.3 is 10.6 Å². The summed E-state index contributed by atoms with van der Waals surface area (Å²) in [5.74, 6) is 0.233. The molecule has 3 rings (SSSR count). The van der Waals surface area contributed by atoms with Crippen molar-refractivity contribution in [1.82, 2.24) is 9.97 Å². The molecule has 0 atom stereocenters. The number of carbonyl (C=O) groups excluding carboxylic acids is 1. The minimum Gasteiger partial charge on any atom is -0.367 e. The highest BCUT2D eigenvalue weighted by atomic mass is 19.1. The van der Waals surface area contributed by atoms with Gasteiger partial charge >= 0.3 is 0 Å². The summed E-state index contributed by atoms with van der Waals surface area (Å²) in [4.78, 5) is 20.9. The summed E-state index contributed by atoms with van der Waals surface area (Å²) >= 11 is 0. The van der Waals surface area contributed by atoms with Crippen molar-refractivity contribution in [3.63, 3.8) is 0 Å². The molecule has 2 N–H and O–H groups in total. The van der Waals surface area contributed by atoms with Gasteiger partial charge in [-0.1, -0.05) is 31.4 Å². The Hall–Kier alpha value is -2.50. The predicted molar refractivity (Wildman–Crippen MR) is 91.6 cm³/mol. The molecule has 0 saturated heterocycles. The number of aryl methyl sites for hydroxylation is 1. The number of para-hydroxylation sites is 1. The number of nitrogens with zero attached hydrogens (tertiary/aromatic N) is 2. The van der Waals surface area contributed by atoms with Crippen molar-refractivity contribution in [2.45, 2.75) is 45.1 Å². The molecule has 5 nitrogen and oxygen atoms in total. The fourth-order valence-electron chi connectivity index (χ4n) is 2.96. The Bertz CT molecular complexity index is 729. The summed E-state index contributed by atoms with van der Waals surface area (Å²) in [6, 6.07) is 8.07. The van der Waals surface area contributed by atoms with E-state index in [-0.39, 0.29) is 11.4 Å². The van der Waals surface area contributed by atoms with Crippen molar-refractivity contribution in [2.24, 2.45) is 0 Å². The summed E-state index contributed by atoms with van der Waals surface area (Å²) in [6.45, 7) is 1.74. The summed E-state index contributed by atoms with van der Waals surface area (Å²) in [5.41, 5.74) is 0.365. The van der Waals surface area contributed by atoms with E-state index in [0.717, 1.165) is 12.8 Å². The zero-order chi connectivity index (χ0) is 16.9. The lowest BCUT2D eigenvalue weighted by Gasteiger charge is -2.23. The third-order valence-electron chi connectivity index (χ3n) is 4.15.